The molecule has 0 aliphatic heterocycles. The van der Waals surface area contributed by atoms with Crippen molar-refractivity contribution in [3.05, 3.63) is 51.3 Å². The molecule has 0 amide bonds. The maximum atomic E-state index is 5.33. The molecular formula is C12H9Br2N3OS. The van der Waals surface area contributed by atoms with Crippen LogP contribution in [0.3, 0.4) is 0 Å². The molecule has 4 nitrogen and oxygen atoms in total. The van der Waals surface area contributed by atoms with E-state index in [0.29, 0.717) is 15.5 Å². The lowest BCUT2D eigenvalue weighted by Gasteiger charge is -2.05. The third kappa shape index (κ3) is 4.45. The number of rotatable bonds is 3. The van der Waals surface area contributed by atoms with E-state index in [-0.39, 0.29) is 0 Å². The molecule has 0 spiro atoms. The van der Waals surface area contributed by atoms with Crippen molar-refractivity contribution in [1.82, 2.24) is 5.43 Å². The van der Waals surface area contributed by atoms with E-state index >= 15 is 0 Å². The van der Waals surface area contributed by atoms with Crippen LogP contribution in [0.1, 0.15) is 5.76 Å². The second kappa shape index (κ2) is 6.83. The summed E-state index contributed by atoms with van der Waals surface area (Å²) in [6.45, 7) is 0. The van der Waals surface area contributed by atoms with Gasteiger partial charge in [-0.25, -0.2) is 0 Å². The molecule has 0 bridgehead atoms. The van der Waals surface area contributed by atoms with Crippen molar-refractivity contribution >= 4 is 61.1 Å². The predicted octanol–water partition coefficient (Wildman–Crippen LogP) is 4.13. The molecule has 98 valence electrons. The number of anilines is 1. The Bertz CT molecular complexity index is 579. The maximum absolute atomic E-state index is 5.33. The molecule has 0 saturated heterocycles. The van der Waals surface area contributed by atoms with E-state index in [1.807, 2.05) is 30.3 Å². The van der Waals surface area contributed by atoms with Gasteiger partial charge in [-0.1, -0.05) is 18.2 Å². The predicted molar refractivity (Wildman–Crippen MR) is 87.5 cm³/mol. The quantitative estimate of drug-likeness (QED) is 0.460. The SMILES string of the molecule is S=C(N/N=C/c1cc(Br)c(Br)o1)Nc1ccccc1. The number of nitrogens with one attached hydrogen (secondary N) is 2. The van der Waals surface area contributed by atoms with E-state index in [2.05, 4.69) is 47.7 Å². The van der Waals surface area contributed by atoms with Crippen molar-refractivity contribution in [2.75, 3.05) is 5.32 Å². The first-order chi connectivity index (χ1) is 9.15. The molecule has 2 aromatic rings. The molecule has 1 aromatic heterocycles. The molecular weight excluding hydrogens is 394 g/mol. The number of hydrazone groups is 1. The Balaban J connectivity index is 1.87. The molecule has 1 aromatic carbocycles. The van der Waals surface area contributed by atoms with E-state index < -0.39 is 0 Å². The molecule has 19 heavy (non-hydrogen) atoms. The summed E-state index contributed by atoms with van der Waals surface area (Å²) in [5.41, 5.74) is 3.61. The number of para-hydroxylation sites is 1. The number of nitrogens with zero attached hydrogens (tertiary/aromatic N) is 1. The normalized spacial score (nSPS) is 10.6. The maximum Gasteiger partial charge on any atom is 0.191 e. The average molecular weight is 403 g/mol. The number of hydrogen-bond donors (Lipinski definition) is 2. The molecule has 0 radical (unpaired) electrons. The van der Waals surface area contributed by atoms with Crippen molar-refractivity contribution in [2.45, 2.75) is 0 Å². The van der Waals surface area contributed by atoms with Gasteiger partial charge in [0.1, 0.15) is 5.76 Å². The molecule has 0 saturated carbocycles. The zero-order valence-electron chi connectivity index (χ0n) is 9.56. The van der Waals surface area contributed by atoms with E-state index in [1.165, 1.54) is 6.21 Å². The van der Waals surface area contributed by atoms with Crippen molar-refractivity contribution in [1.29, 1.82) is 0 Å². The summed E-state index contributed by atoms with van der Waals surface area (Å²) >= 11 is 11.7. The first-order valence-corrected chi connectivity index (χ1v) is 7.24. The van der Waals surface area contributed by atoms with Gasteiger partial charge in [-0.05, 0) is 56.2 Å². The van der Waals surface area contributed by atoms with E-state index in [4.69, 9.17) is 16.6 Å². The molecule has 2 rings (SSSR count). The fraction of sp³-hybridized carbons (Fsp3) is 0. The Morgan fingerprint density at radius 1 is 1.26 bits per heavy atom. The number of thiocarbonyl (C=S) groups is 1. The van der Waals surface area contributed by atoms with Crippen LogP contribution in [0.2, 0.25) is 0 Å². The second-order valence-electron chi connectivity index (χ2n) is 3.46. The third-order valence-corrected chi connectivity index (χ3v) is 3.96. The van der Waals surface area contributed by atoms with Crippen LogP contribution in [0.4, 0.5) is 5.69 Å². The van der Waals surface area contributed by atoms with E-state index in [9.17, 15) is 0 Å². The van der Waals surface area contributed by atoms with Gasteiger partial charge in [0.15, 0.2) is 9.78 Å². The molecule has 1 heterocycles. The number of hydrogen-bond acceptors (Lipinski definition) is 3. The van der Waals surface area contributed by atoms with Crippen LogP contribution < -0.4 is 10.7 Å². The van der Waals surface area contributed by atoms with Crippen molar-refractivity contribution in [3.63, 3.8) is 0 Å². The highest BCUT2D eigenvalue weighted by atomic mass is 79.9. The van der Waals surface area contributed by atoms with Crippen LogP contribution in [-0.4, -0.2) is 11.3 Å². The van der Waals surface area contributed by atoms with Crippen LogP contribution in [0.5, 0.6) is 0 Å². The Morgan fingerprint density at radius 2 is 2.00 bits per heavy atom. The van der Waals surface area contributed by atoms with Gasteiger partial charge in [-0.15, -0.1) is 0 Å². The minimum absolute atomic E-state index is 0.409. The highest BCUT2D eigenvalue weighted by Gasteiger charge is 2.03. The average Bonchev–Trinajstić information content (AvgIpc) is 2.70. The Morgan fingerprint density at radius 3 is 2.63 bits per heavy atom. The van der Waals surface area contributed by atoms with Crippen molar-refractivity contribution in [3.8, 4) is 0 Å². The second-order valence-corrected chi connectivity index (χ2v) is 5.44. The Labute approximate surface area is 132 Å². The molecule has 0 unspecified atom stereocenters. The summed E-state index contributed by atoms with van der Waals surface area (Å²) < 4.78 is 6.79. The number of furan rings is 1. The third-order valence-electron chi connectivity index (χ3n) is 2.05. The lowest BCUT2D eigenvalue weighted by molar-refractivity contribution is 0.532. The van der Waals surface area contributed by atoms with Crippen molar-refractivity contribution in [2.24, 2.45) is 5.10 Å². The lowest BCUT2D eigenvalue weighted by Crippen LogP contribution is -2.23. The fourth-order valence-corrected chi connectivity index (χ4v) is 2.04. The topological polar surface area (TPSA) is 49.6 Å². The highest BCUT2D eigenvalue weighted by Crippen LogP contribution is 2.25. The smallest absolute Gasteiger partial charge is 0.191 e. The monoisotopic (exact) mass is 401 g/mol. The zero-order chi connectivity index (χ0) is 13.7. The van der Waals surface area contributed by atoms with Gasteiger partial charge < -0.3 is 9.73 Å². The molecule has 0 atom stereocenters. The van der Waals surface area contributed by atoms with Crippen LogP contribution in [-0.2, 0) is 0 Å². The Kier molecular flexibility index (Phi) is 5.12. The van der Waals surface area contributed by atoms with Gasteiger partial charge in [0.25, 0.3) is 0 Å². The van der Waals surface area contributed by atoms with Gasteiger partial charge in [0.05, 0.1) is 10.7 Å². The molecule has 0 aliphatic rings. The van der Waals surface area contributed by atoms with Crippen molar-refractivity contribution < 1.29 is 4.42 Å². The van der Waals surface area contributed by atoms with Gasteiger partial charge in [0, 0.05) is 11.8 Å². The molecule has 7 heteroatoms. The van der Waals surface area contributed by atoms with Crippen LogP contribution in [0.15, 0.2) is 55.1 Å². The van der Waals surface area contributed by atoms with Crippen LogP contribution in [0, 0.1) is 0 Å². The zero-order valence-corrected chi connectivity index (χ0v) is 13.5. The largest absolute Gasteiger partial charge is 0.447 e. The number of halogens is 2. The van der Waals surface area contributed by atoms with Gasteiger partial charge in [-0.3, -0.25) is 5.43 Å². The summed E-state index contributed by atoms with van der Waals surface area (Å²) in [6.07, 6.45) is 1.54. The molecule has 0 aliphatic carbocycles. The van der Waals surface area contributed by atoms with E-state index in [0.717, 1.165) is 10.2 Å². The Hall–Kier alpha value is -1.18. The minimum atomic E-state index is 0.409. The standard InChI is InChI=1S/C12H9Br2N3OS/c13-10-6-9(18-11(10)14)7-15-17-12(19)16-8-4-2-1-3-5-8/h1-7H,(H2,16,17,19)/b15-7+. The summed E-state index contributed by atoms with van der Waals surface area (Å²) in [5, 5.41) is 7.39. The van der Waals surface area contributed by atoms with E-state index in [1.54, 1.807) is 6.07 Å². The number of benzene rings is 1. The van der Waals surface area contributed by atoms with Crippen LogP contribution in [0.25, 0.3) is 0 Å². The first kappa shape index (κ1) is 14.2. The summed E-state index contributed by atoms with van der Waals surface area (Å²) in [4.78, 5) is 0. The summed E-state index contributed by atoms with van der Waals surface area (Å²) in [7, 11) is 0. The molecule has 0 fully saturated rings. The minimum Gasteiger partial charge on any atom is -0.447 e. The van der Waals surface area contributed by atoms with Gasteiger partial charge in [0.2, 0.25) is 0 Å². The highest BCUT2D eigenvalue weighted by molar-refractivity contribution is 9.13. The fourth-order valence-electron chi connectivity index (χ4n) is 1.26. The lowest BCUT2D eigenvalue weighted by atomic mass is 10.3. The van der Waals surface area contributed by atoms with Crippen LogP contribution >= 0.6 is 44.1 Å². The summed E-state index contributed by atoms with van der Waals surface area (Å²) in [5.74, 6) is 0.605. The van der Waals surface area contributed by atoms with Gasteiger partial charge in [-0.2, -0.15) is 5.10 Å². The molecule has 2 N–H and O–H groups in total. The summed E-state index contributed by atoms with van der Waals surface area (Å²) in [6, 6.07) is 11.4. The first-order valence-electron chi connectivity index (χ1n) is 5.25. The van der Waals surface area contributed by atoms with Gasteiger partial charge >= 0.3 is 0 Å².